The fourth-order valence-corrected chi connectivity index (χ4v) is 1.34. The summed E-state index contributed by atoms with van der Waals surface area (Å²) >= 11 is 0. The van der Waals surface area contributed by atoms with Gasteiger partial charge >= 0.3 is 18.1 Å². The Morgan fingerprint density at radius 3 is 2.42 bits per heavy atom. The lowest BCUT2D eigenvalue weighted by Gasteiger charge is -2.13. The van der Waals surface area contributed by atoms with Gasteiger partial charge in [-0.15, -0.1) is 0 Å². The van der Waals surface area contributed by atoms with E-state index in [1.165, 1.54) is 6.92 Å². The lowest BCUT2D eigenvalue weighted by atomic mass is 10.2. The number of carbonyl (C=O) groups excluding carboxylic acids is 2. The van der Waals surface area contributed by atoms with Crippen LogP contribution in [0.1, 0.15) is 12.5 Å². The minimum Gasteiger partial charge on any atom is -0.462 e. The second-order valence-electron chi connectivity index (χ2n) is 4.36. The van der Waals surface area contributed by atoms with E-state index in [9.17, 15) is 22.8 Å². The van der Waals surface area contributed by atoms with Crippen LogP contribution in [-0.2, 0) is 20.5 Å². The van der Waals surface area contributed by atoms with Gasteiger partial charge in [0.1, 0.15) is 29.6 Å². The van der Waals surface area contributed by atoms with Crippen molar-refractivity contribution < 1.29 is 37.0 Å². The normalized spacial score (nSPS) is 11.0. The average molecular weight is 342 g/mol. The van der Waals surface area contributed by atoms with Gasteiger partial charge < -0.3 is 14.2 Å². The Kier molecular flexibility index (Phi) is 6.34. The molecule has 0 aromatic heterocycles. The van der Waals surface area contributed by atoms with Gasteiger partial charge in [-0.25, -0.2) is 9.59 Å². The van der Waals surface area contributed by atoms with Gasteiger partial charge in [-0.05, 0) is 25.1 Å². The summed E-state index contributed by atoms with van der Waals surface area (Å²) in [6, 6.07) is 2.70. The number of hydrogen-bond donors (Lipinski definition) is 0. The zero-order valence-corrected chi connectivity index (χ0v) is 12.6. The Hall–Kier alpha value is -3.03. The van der Waals surface area contributed by atoms with E-state index in [1.54, 1.807) is 0 Å². The molecular weight excluding hydrogens is 329 g/mol. The van der Waals surface area contributed by atoms with Crippen LogP contribution in [0.3, 0.4) is 0 Å². The molecular formula is C16H13F3O5. The lowest BCUT2D eigenvalue weighted by molar-refractivity contribution is -0.141. The molecule has 5 nitrogen and oxygen atoms in total. The summed E-state index contributed by atoms with van der Waals surface area (Å²) in [5.74, 6) is -2.63. The molecule has 0 unspecified atom stereocenters. The molecule has 24 heavy (non-hydrogen) atoms. The van der Waals surface area contributed by atoms with Gasteiger partial charge in [0, 0.05) is 11.6 Å². The molecule has 128 valence electrons. The van der Waals surface area contributed by atoms with Crippen molar-refractivity contribution in [2.24, 2.45) is 0 Å². The van der Waals surface area contributed by atoms with Crippen LogP contribution in [0.25, 0.3) is 0 Å². The van der Waals surface area contributed by atoms with Crippen LogP contribution >= 0.6 is 0 Å². The zero-order chi connectivity index (χ0) is 18.3. The van der Waals surface area contributed by atoms with Crippen molar-refractivity contribution in [1.29, 1.82) is 0 Å². The number of benzene rings is 1. The molecule has 0 spiro atoms. The third kappa shape index (κ3) is 5.64. The summed E-state index contributed by atoms with van der Waals surface area (Å²) in [4.78, 5) is 22.2. The molecule has 0 saturated heterocycles. The number of esters is 2. The first-order valence-electron chi connectivity index (χ1n) is 6.38. The molecule has 0 aliphatic rings. The highest BCUT2D eigenvalue weighted by molar-refractivity contribution is 5.87. The van der Waals surface area contributed by atoms with E-state index < -0.39 is 29.4 Å². The monoisotopic (exact) mass is 342 g/mol. The molecule has 0 bridgehead atoms. The Morgan fingerprint density at radius 2 is 1.88 bits per heavy atom. The number of halogens is 3. The maximum Gasteiger partial charge on any atom is 0.420 e. The predicted octanol–water partition coefficient (Wildman–Crippen LogP) is 3.77. The summed E-state index contributed by atoms with van der Waals surface area (Å²) in [6.45, 7) is 7.88. The number of rotatable bonds is 6. The molecule has 0 radical (unpaired) electrons. The van der Waals surface area contributed by atoms with Gasteiger partial charge in [-0.3, -0.25) is 0 Å². The third-order valence-electron chi connectivity index (χ3n) is 2.42. The SMILES string of the molecule is C=CC(=O)Oc1ccc(O/C=C\OC(=O)C(=C)C)cc1C(F)(F)F. The molecule has 0 heterocycles. The first-order valence-corrected chi connectivity index (χ1v) is 6.38. The van der Waals surface area contributed by atoms with Crippen LogP contribution < -0.4 is 9.47 Å². The molecule has 0 aliphatic heterocycles. The van der Waals surface area contributed by atoms with Crippen LogP contribution in [0.15, 0.2) is 55.5 Å². The minimum atomic E-state index is -4.77. The van der Waals surface area contributed by atoms with Gasteiger partial charge in [-0.1, -0.05) is 13.2 Å². The van der Waals surface area contributed by atoms with Crippen molar-refractivity contribution in [3.05, 3.63) is 61.1 Å². The Balaban J connectivity index is 2.92. The third-order valence-corrected chi connectivity index (χ3v) is 2.42. The molecule has 0 aliphatic carbocycles. The quantitative estimate of drug-likeness (QED) is 0.341. The maximum absolute atomic E-state index is 13.0. The predicted molar refractivity (Wildman–Crippen MR) is 78.0 cm³/mol. The van der Waals surface area contributed by atoms with Crippen LogP contribution in [0.4, 0.5) is 13.2 Å². The molecule has 1 aromatic rings. The molecule has 8 heteroatoms. The van der Waals surface area contributed by atoms with Crippen molar-refractivity contribution in [2.45, 2.75) is 13.1 Å². The van der Waals surface area contributed by atoms with E-state index in [0.717, 1.165) is 30.7 Å². The molecule has 0 N–H and O–H groups in total. The number of hydrogen-bond acceptors (Lipinski definition) is 5. The second-order valence-corrected chi connectivity index (χ2v) is 4.36. The molecule has 1 rings (SSSR count). The van der Waals surface area contributed by atoms with Crippen LogP contribution in [0.2, 0.25) is 0 Å². The highest BCUT2D eigenvalue weighted by Crippen LogP contribution is 2.38. The Labute approximate surface area is 135 Å². The smallest absolute Gasteiger partial charge is 0.420 e. The van der Waals surface area contributed by atoms with Gasteiger partial charge in [0.2, 0.25) is 0 Å². The number of alkyl halides is 3. The first kappa shape index (κ1) is 19.0. The van der Waals surface area contributed by atoms with E-state index in [2.05, 4.69) is 22.6 Å². The van der Waals surface area contributed by atoms with E-state index in [0.29, 0.717) is 6.07 Å². The largest absolute Gasteiger partial charge is 0.462 e. The van der Waals surface area contributed by atoms with Crippen molar-refractivity contribution >= 4 is 11.9 Å². The van der Waals surface area contributed by atoms with Crippen molar-refractivity contribution in [3.63, 3.8) is 0 Å². The highest BCUT2D eigenvalue weighted by atomic mass is 19.4. The fraction of sp³-hybridized carbons (Fsp3) is 0.125. The van der Waals surface area contributed by atoms with E-state index in [1.807, 2.05) is 0 Å². The van der Waals surface area contributed by atoms with Gasteiger partial charge in [-0.2, -0.15) is 13.2 Å². The van der Waals surface area contributed by atoms with E-state index in [-0.39, 0.29) is 11.3 Å². The summed E-state index contributed by atoms with van der Waals surface area (Å²) in [6.07, 6.45) is -2.29. The van der Waals surface area contributed by atoms with Crippen molar-refractivity contribution in [3.8, 4) is 11.5 Å². The topological polar surface area (TPSA) is 61.8 Å². The summed E-state index contributed by atoms with van der Waals surface area (Å²) in [7, 11) is 0. The summed E-state index contributed by atoms with van der Waals surface area (Å²) < 4.78 is 53.0. The summed E-state index contributed by atoms with van der Waals surface area (Å²) in [5, 5.41) is 0. The van der Waals surface area contributed by atoms with Crippen LogP contribution in [0, 0.1) is 0 Å². The van der Waals surface area contributed by atoms with Crippen LogP contribution in [-0.4, -0.2) is 11.9 Å². The Bertz CT molecular complexity index is 689. The molecule has 0 saturated carbocycles. The molecule has 1 aromatic carbocycles. The lowest BCUT2D eigenvalue weighted by Crippen LogP contribution is -2.12. The zero-order valence-electron chi connectivity index (χ0n) is 12.6. The van der Waals surface area contributed by atoms with Crippen LogP contribution in [0.5, 0.6) is 11.5 Å². The second kappa shape index (κ2) is 8.00. The van der Waals surface area contributed by atoms with Crippen molar-refractivity contribution in [2.75, 3.05) is 0 Å². The fourth-order valence-electron chi connectivity index (χ4n) is 1.34. The molecule has 0 fully saturated rings. The van der Waals surface area contributed by atoms with Gasteiger partial charge in [0.05, 0.1) is 0 Å². The highest BCUT2D eigenvalue weighted by Gasteiger charge is 2.35. The Morgan fingerprint density at radius 1 is 1.21 bits per heavy atom. The maximum atomic E-state index is 13.0. The minimum absolute atomic E-state index is 0.146. The van der Waals surface area contributed by atoms with Crippen molar-refractivity contribution in [1.82, 2.24) is 0 Å². The number of ether oxygens (including phenoxy) is 3. The summed E-state index contributed by atoms with van der Waals surface area (Å²) in [5.41, 5.74) is -1.06. The van der Waals surface area contributed by atoms with Gasteiger partial charge in [0.15, 0.2) is 0 Å². The van der Waals surface area contributed by atoms with Gasteiger partial charge in [0.25, 0.3) is 0 Å². The standard InChI is InChI=1S/C16H13F3O5/c1-4-14(20)24-13-6-5-11(9-12(13)16(17,18)19)22-7-8-23-15(21)10(2)3/h4-9H,1-2H2,3H3/b8-7-. The van der Waals surface area contributed by atoms with E-state index >= 15 is 0 Å². The van der Waals surface area contributed by atoms with E-state index in [4.69, 9.17) is 4.74 Å². The average Bonchev–Trinajstić information content (AvgIpc) is 2.51. The first-order chi connectivity index (χ1) is 11.1. The molecule has 0 atom stereocenters. The number of carbonyl (C=O) groups is 2. The molecule has 0 amide bonds.